The molecule has 1 aliphatic rings. The summed E-state index contributed by atoms with van der Waals surface area (Å²) in [5.41, 5.74) is 1.10. The van der Waals surface area contributed by atoms with Gasteiger partial charge in [0.15, 0.2) is 0 Å². The Morgan fingerprint density at radius 3 is 2.55 bits per heavy atom. The van der Waals surface area contributed by atoms with Crippen LogP contribution in [-0.2, 0) is 9.53 Å². The molecule has 2 nitrogen and oxygen atoms in total. The number of halogens is 1. The first-order chi connectivity index (χ1) is 9.70. The van der Waals surface area contributed by atoms with Gasteiger partial charge in [-0.05, 0) is 37.0 Å². The maximum absolute atomic E-state index is 12.1. The predicted molar refractivity (Wildman–Crippen MR) is 84.5 cm³/mol. The normalized spacial score (nSPS) is 22.6. The van der Waals surface area contributed by atoms with Crippen LogP contribution in [0, 0.1) is 5.92 Å². The first kappa shape index (κ1) is 15.6. The monoisotopic (exact) mass is 338 g/mol. The van der Waals surface area contributed by atoms with Crippen molar-refractivity contribution in [2.24, 2.45) is 5.92 Å². The van der Waals surface area contributed by atoms with Gasteiger partial charge in [-0.3, -0.25) is 4.79 Å². The van der Waals surface area contributed by atoms with E-state index in [0.717, 1.165) is 35.7 Å². The van der Waals surface area contributed by atoms with Crippen molar-refractivity contribution in [1.82, 2.24) is 0 Å². The summed E-state index contributed by atoms with van der Waals surface area (Å²) in [6.45, 7) is 2.21. The first-order valence-electron chi connectivity index (χ1n) is 7.66. The Labute approximate surface area is 130 Å². The number of benzene rings is 1. The standard InChI is InChI=1S/C17H23BrO2/c1-2-3-4-5-6-14-9-12-16(20-17(14)19)13-7-10-15(18)11-8-13/h7-8,10-11,14,16H,2-6,9,12H2,1H3. The second-order valence-electron chi connectivity index (χ2n) is 5.60. The fourth-order valence-electron chi connectivity index (χ4n) is 2.76. The Bertz CT molecular complexity index is 427. The molecule has 1 aromatic rings. The van der Waals surface area contributed by atoms with E-state index in [9.17, 15) is 4.79 Å². The van der Waals surface area contributed by atoms with Crippen LogP contribution in [0.1, 0.15) is 63.5 Å². The lowest BCUT2D eigenvalue weighted by Gasteiger charge is -2.28. The van der Waals surface area contributed by atoms with Crippen molar-refractivity contribution in [3.8, 4) is 0 Å². The number of hydrogen-bond donors (Lipinski definition) is 0. The molecule has 1 aliphatic heterocycles. The molecule has 0 spiro atoms. The van der Waals surface area contributed by atoms with Crippen LogP contribution >= 0.6 is 15.9 Å². The quantitative estimate of drug-likeness (QED) is 0.511. The van der Waals surface area contributed by atoms with Crippen molar-refractivity contribution in [2.75, 3.05) is 0 Å². The van der Waals surface area contributed by atoms with E-state index < -0.39 is 0 Å². The maximum atomic E-state index is 12.1. The summed E-state index contributed by atoms with van der Waals surface area (Å²) in [4.78, 5) is 12.1. The van der Waals surface area contributed by atoms with E-state index in [1.807, 2.05) is 24.3 Å². The maximum Gasteiger partial charge on any atom is 0.309 e. The van der Waals surface area contributed by atoms with Crippen molar-refractivity contribution < 1.29 is 9.53 Å². The third kappa shape index (κ3) is 4.34. The lowest BCUT2D eigenvalue weighted by molar-refractivity contribution is -0.161. The molecule has 0 radical (unpaired) electrons. The molecule has 0 aromatic heterocycles. The Kier molecular flexibility index (Phi) is 6.08. The van der Waals surface area contributed by atoms with E-state index in [4.69, 9.17) is 4.74 Å². The Balaban J connectivity index is 1.82. The predicted octanol–water partition coefficient (Wildman–Crippen LogP) is 5.41. The summed E-state index contributed by atoms with van der Waals surface area (Å²) < 4.78 is 6.68. The number of hydrogen-bond acceptors (Lipinski definition) is 2. The highest BCUT2D eigenvalue weighted by atomic mass is 79.9. The highest BCUT2D eigenvalue weighted by Crippen LogP contribution is 2.34. The molecule has 1 saturated heterocycles. The Morgan fingerprint density at radius 1 is 1.15 bits per heavy atom. The van der Waals surface area contributed by atoms with Gasteiger partial charge in [0.1, 0.15) is 6.10 Å². The van der Waals surface area contributed by atoms with Crippen molar-refractivity contribution in [3.05, 3.63) is 34.3 Å². The molecule has 2 unspecified atom stereocenters. The highest BCUT2D eigenvalue weighted by Gasteiger charge is 2.30. The third-order valence-corrected chi connectivity index (χ3v) is 4.55. The van der Waals surface area contributed by atoms with Crippen molar-refractivity contribution in [3.63, 3.8) is 0 Å². The number of carbonyl (C=O) groups is 1. The van der Waals surface area contributed by atoms with Crippen LogP contribution in [0.2, 0.25) is 0 Å². The van der Waals surface area contributed by atoms with Gasteiger partial charge in [0.2, 0.25) is 0 Å². The molecule has 3 heteroatoms. The molecule has 0 aliphatic carbocycles. The van der Waals surface area contributed by atoms with Crippen LogP contribution in [0.5, 0.6) is 0 Å². The Hall–Kier alpha value is -0.830. The second kappa shape index (κ2) is 7.82. The van der Waals surface area contributed by atoms with Crippen molar-refractivity contribution in [1.29, 1.82) is 0 Å². The lowest BCUT2D eigenvalue weighted by Crippen LogP contribution is -2.26. The van der Waals surface area contributed by atoms with Crippen LogP contribution < -0.4 is 0 Å². The fourth-order valence-corrected chi connectivity index (χ4v) is 3.02. The van der Waals surface area contributed by atoms with Gasteiger partial charge in [0.25, 0.3) is 0 Å². The van der Waals surface area contributed by atoms with Gasteiger partial charge in [0, 0.05) is 4.47 Å². The van der Waals surface area contributed by atoms with Gasteiger partial charge in [-0.1, -0.05) is 60.7 Å². The van der Waals surface area contributed by atoms with Crippen LogP contribution in [0.25, 0.3) is 0 Å². The van der Waals surface area contributed by atoms with E-state index in [1.165, 1.54) is 19.3 Å². The largest absolute Gasteiger partial charge is 0.457 e. The summed E-state index contributed by atoms with van der Waals surface area (Å²) in [5, 5.41) is 0. The number of cyclic esters (lactones) is 1. The second-order valence-corrected chi connectivity index (χ2v) is 6.52. The summed E-state index contributed by atoms with van der Waals surface area (Å²) in [6, 6.07) is 8.06. The molecule has 1 heterocycles. The molecule has 2 rings (SSSR count). The van der Waals surface area contributed by atoms with Gasteiger partial charge >= 0.3 is 5.97 Å². The minimum absolute atomic E-state index is 0.000618. The van der Waals surface area contributed by atoms with Gasteiger partial charge < -0.3 is 4.74 Å². The van der Waals surface area contributed by atoms with Crippen molar-refractivity contribution in [2.45, 2.75) is 58.0 Å². The number of unbranched alkanes of at least 4 members (excludes halogenated alkanes) is 3. The van der Waals surface area contributed by atoms with Gasteiger partial charge in [-0.2, -0.15) is 0 Å². The Morgan fingerprint density at radius 2 is 1.90 bits per heavy atom. The number of rotatable bonds is 6. The minimum atomic E-state index is -0.0532. The smallest absolute Gasteiger partial charge is 0.309 e. The van der Waals surface area contributed by atoms with Crippen LogP contribution in [0.4, 0.5) is 0 Å². The van der Waals surface area contributed by atoms with E-state index in [0.29, 0.717) is 0 Å². The van der Waals surface area contributed by atoms with Gasteiger partial charge in [0.05, 0.1) is 5.92 Å². The van der Waals surface area contributed by atoms with Crippen molar-refractivity contribution >= 4 is 21.9 Å². The van der Waals surface area contributed by atoms with Crippen LogP contribution in [-0.4, -0.2) is 5.97 Å². The summed E-state index contributed by atoms with van der Waals surface area (Å²) >= 11 is 3.42. The molecule has 0 amide bonds. The molecule has 0 N–H and O–H groups in total. The fraction of sp³-hybridized carbons (Fsp3) is 0.588. The minimum Gasteiger partial charge on any atom is -0.457 e. The number of carbonyl (C=O) groups excluding carboxylic acids is 1. The first-order valence-corrected chi connectivity index (χ1v) is 8.46. The third-order valence-electron chi connectivity index (χ3n) is 4.02. The molecule has 20 heavy (non-hydrogen) atoms. The van der Waals surface area contributed by atoms with Gasteiger partial charge in [-0.15, -0.1) is 0 Å². The average Bonchev–Trinajstić information content (AvgIpc) is 2.46. The van der Waals surface area contributed by atoms with E-state index >= 15 is 0 Å². The van der Waals surface area contributed by atoms with Crippen LogP contribution in [0.3, 0.4) is 0 Å². The zero-order valence-corrected chi connectivity index (χ0v) is 13.7. The molecule has 2 atom stereocenters. The summed E-state index contributed by atoms with van der Waals surface area (Å²) in [5.74, 6) is 0.124. The van der Waals surface area contributed by atoms with E-state index in [1.54, 1.807) is 0 Å². The molecule has 110 valence electrons. The molecule has 0 bridgehead atoms. The zero-order chi connectivity index (χ0) is 14.4. The molecule has 0 saturated carbocycles. The molecule has 1 fully saturated rings. The summed E-state index contributed by atoms with van der Waals surface area (Å²) in [6.07, 6.45) is 7.74. The van der Waals surface area contributed by atoms with E-state index in [2.05, 4.69) is 22.9 Å². The zero-order valence-electron chi connectivity index (χ0n) is 12.1. The summed E-state index contributed by atoms with van der Waals surface area (Å²) in [7, 11) is 0. The molecular weight excluding hydrogens is 316 g/mol. The topological polar surface area (TPSA) is 26.3 Å². The average molecular weight is 339 g/mol. The molecule has 1 aromatic carbocycles. The van der Waals surface area contributed by atoms with Gasteiger partial charge in [-0.25, -0.2) is 0 Å². The SMILES string of the molecule is CCCCCCC1CCC(c2ccc(Br)cc2)OC1=O. The lowest BCUT2D eigenvalue weighted by atomic mass is 9.90. The van der Waals surface area contributed by atoms with E-state index in [-0.39, 0.29) is 18.0 Å². The number of ether oxygens (including phenoxy) is 1. The molecular formula is C17H23BrO2. The highest BCUT2D eigenvalue weighted by molar-refractivity contribution is 9.10. The van der Waals surface area contributed by atoms with Crippen LogP contribution in [0.15, 0.2) is 28.7 Å². The number of esters is 1.